The minimum atomic E-state index is -0.212. The van der Waals surface area contributed by atoms with Crippen molar-refractivity contribution in [1.82, 2.24) is 5.32 Å². The molecule has 4 heteroatoms. The predicted molar refractivity (Wildman–Crippen MR) is 62.5 cm³/mol. The quantitative estimate of drug-likeness (QED) is 0.687. The van der Waals surface area contributed by atoms with Gasteiger partial charge in [-0.05, 0) is 32.1 Å². The van der Waals surface area contributed by atoms with Crippen LogP contribution < -0.4 is 11.1 Å². The van der Waals surface area contributed by atoms with E-state index < -0.39 is 0 Å². The second-order valence-electron chi connectivity index (χ2n) is 4.35. The van der Waals surface area contributed by atoms with Gasteiger partial charge in [0.15, 0.2) is 0 Å². The number of hydrogen-bond donors (Lipinski definition) is 2. The van der Waals surface area contributed by atoms with Crippen molar-refractivity contribution in [2.45, 2.75) is 44.6 Å². The van der Waals surface area contributed by atoms with E-state index in [1.165, 1.54) is 0 Å². The van der Waals surface area contributed by atoms with Crippen molar-refractivity contribution in [1.29, 1.82) is 0 Å². The van der Waals surface area contributed by atoms with Crippen LogP contribution in [0.3, 0.4) is 0 Å². The van der Waals surface area contributed by atoms with Crippen LogP contribution in [0.25, 0.3) is 0 Å². The number of nitrogens with one attached hydrogen (secondary N) is 1. The van der Waals surface area contributed by atoms with E-state index in [4.69, 9.17) is 5.73 Å². The van der Waals surface area contributed by atoms with Crippen molar-refractivity contribution in [3.05, 3.63) is 12.7 Å². The molecule has 1 saturated carbocycles. The summed E-state index contributed by atoms with van der Waals surface area (Å²) in [6.45, 7) is 3.58. The molecule has 0 aromatic heterocycles. The van der Waals surface area contributed by atoms with E-state index in [0.29, 0.717) is 12.8 Å². The third-order valence-electron chi connectivity index (χ3n) is 3.07. The molecule has 0 unspecified atom stereocenters. The van der Waals surface area contributed by atoms with Gasteiger partial charge in [-0.1, -0.05) is 6.08 Å². The van der Waals surface area contributed by atoms with Crippen LogP contribution in [0.5, 0.6) is 0 Å². The molecule has 0 radical (unpaired) electrons. The lowest BCUT2D eigenvalue weighted by molar-refractivity contribution is -0.123. The number of rotatable bonds is 5. The molecule has 0 aliphatic heterocycles. The molecular weight excluding hydrogens is 204 g/mol. The Morgan fingerprint density at radius 2 is 1.94 bits per heavy atom. The molecule has 0 heterocycles. The smallest absolute Gasteiger partial charge is 0.220 e. The first kappa shape index (κ1) is 12.7. The van der Waals surface area contributed by atoms with E-state index in [1.54, 1.807) is 6.08 Å². The topological polar surface area (TPSA) is 72.2 Å². The zero-order valence-electron chi connectivity index (χ0n) is 9.58. The van der Waals surface area contributed by atoms with Gasteiger partial charge in [0.05, 0.1) is 0 Å². The molecule has 0 atom stereocenters. The zero-order chi connectivity index (χ0) is 12.0. The molecule has 1 fully saturated rings. The van der Waals surface area contributed by atoms with Crippen molar-refractivity contribution in [2.75, 3.05) is 0 Å². The molecule has 2 amide bonds. The van der Waals surface area contributed by atoms with E-state index in [0.717, 1.165) is 25.7 Å². The lowest BCUT2D eigenvalue weighted by atomic mass is 9.85. The van der Waals surface area contributed by atoms with Gasteiger partial charge in [0.2, 0.25) is 11.8 Å². The van der Waals surface area contributed by atoms with Gasteiger partial charge in [-0.15, -0.1) is 6.58 Å². The summed E-state index contributed by atoms with van der Waals surface area (Å²) in [4.78, 5) is 22.4. The molecule has 0 saturated heterocycles. The van der Waals surface area contributed by atoms with Gasteiger partial charge in [0.25, 0.3) is 0 Å². The molecular formula is C12H20N2O2. The highest BCUT2D eigenvalue weighted by Gasteiger charge is 2.25. The van der Waals surface area contributed by atoms with Crippen LogP contribution in [0.1, 0.15) is 38.5 Å². The number of primary amides is 1. The Morgan fingerprint density at radius 3 is 2.44 bits per heavy atom. The summed E-state index contributed by atoms with van der Waals surface area (Å²) in [5.41, 5.74) is 5.24. The largest absolute Gasteiger partial charge is 0.369 e. The Morgan fingerprint density at radius 1 is 1.31 bits per heavy atom. The minimum absolute atomic E-state index is 0.00123. The predicted octanol–water partition coefficient (Wildman–Crippen LogP) is 1.11. The first-order chi connectivity index (χ1) is 7.63. The van der Waals surface area contributed by atoms with E-state index in [-0.39, 0.29) is 23.8 Å². The van der Waals surface area contributed by atoms with E-state index in [1.807, 2.05) is 0 Å². The van der Waals surface area contributed by atoms with Crippen molar-refractivity contribution in [3.63, 3.8) is 0 Å². The summed E-state index contributed by atoms with van der Waals surface area (Å²) < 4.78 is 0. The fourth-order valence-corrected chi connectivity index (χ4v) is 2.06. The average Bonchev–Trinajstić information content (AvgIpc) is 2.27. The summed E-state index contributed by atoms with van der Waals surface area (Å²) in [6.07, 6.45) is 6.25. The van der Waals surface area contributed by atoms with Crippen molar-refractivity contribution >= 4 is 11.8 Å². The fraction of sp³-hybridized carbons (Fsp3) is 0.667. The monoisotopic (exact) mass is 224 g/mol. The van der Waals surface area contributed by atoms with Gasteiger partial charge in [-0.2, -0.15) is 0 Å². The third-order valence-corrected chi connectivity index (χ3v) is 3.07. The maximum atomic E-state index is 11.4. The van der Waals surface area contributed by atoms with Crippen LogP contribution in [-0.2, 0) is 9.59 Å². The molecule has 0 aromatic rings. The first-order valence-corrected chi connectivity index (χ1v) is 5.83. The summed E-state index contributed by atoms with van der Waals surface area (Å²) in [6, 6.07) is 0.216. The second kappa shape index (κ2) is 6.30. The number of allylic oxidation sites excluding steroid dienone is 1. The van der Waals surface area contributed by atoms with E-state index in [2.05, 4.69) is 11.9 Å². The molecule has 0 spiro atoms. The summed E-state index contributed by atoms with van der Waals surface area (Å²) in [7, 11) is 0. The van der Waals surface area contributed by atoms with Crippen LogP contribution in [0.15, 0.2) is 12.7 Å². The van der Waals surface area contributed by atoms with Crippen molar-refractivity contribution in [2.24, 2.45) is 11.7 Å². The van der Waals surface area contributed by atoms with Crippen molar-refractivity contribution < 1.29 is 9.59 Å². The lowest BCUT2D eigenvalue weighted by Crippen LogP contribution is -2.39. The SMILES string of the molecule is C=CCCC(=O)NC1CCC(C(N)=O)CC1. The number of nitrogens with two attached hydrogens (primary N) is 1. The molecule has 0 bridgehead atoms. The Bertz CT molecular complexity index is 268. The number of amides is 2. The third kappa shape index (κ3) is 4.04. The summed E-state index contributed by atoms with van der Waals surface area (Å²) >= 11 is 0. The fourth-order valence-electron chi connectivity index (χ4n) is 2.06. The van der Waals surface area contributed by atoms with Gasteiger partial charge in [0.1, 0.15) is 0 Å². The second-order valence-corrected chi connectivity index (χ2v) is 4.35. The van der Waals surface area contributed by atoms with E-state index >= 15 is 0 Å². The van der Waals surface area contributed by atoms with Gasteiger partial charge in [0, 0.05) is 18.4 Å². The first-order valence-electron chi connectivity index (χ1n) is 5.83. The van der Waals surface area contributed by atoms with Crippen LogP contribution in [-0.4, -0.2) is 17.9 Å². The highest BCUT2D eigenvalue weighted by atomic mass is 16.2. The summed E-state index contributed by atoms with van der Waals surface area (Å²) in [5, 5.41) is 2.97. The maximum absolute atomic E-state index is 11.4. The molecule has 1 aliphatic rings. The minimum Gasteiger partial charge on any atom is -0.369 e. The number of carbonyl (C=O) groups is 2. The molecule has 0 aromatic carbocycles. The van der Waals surface area contributed by atoms with Gasteiger partial charge in [-0.3, -0.25) is 9.59 Å². The van der Waals surface area contributed by atoms with Crippen molar-refractivity contribution in [3.8, 4) is 0 Å². The Hall–Kier alpha value is -1.32. The van der Waals surface area contributed by atoms with Crippen LogP contribution in [0.2, 0.25) is 0 Å². The molecule has 3 N–H and O–H groups in total. The van der Waals surface area contributed by atoms with Crippen LogP contribution in [0.4, 0.5) is 0 Å². The van der Waals surface area contributed by atoms with Gasteiger partial charge < -0.3 is 11.1 Å². The normalized spacial score (nSPS) is 24.8. The zero-order valence-corrected chi connectivity index (χ0v) is 9.58. The Kier molecular flexibility index (Phi) is 5.02. The molecule has 4 nitrogen and oxygen atoms in total. The molecule has 1 aliphatic carbocycles. The molecule has 90 valence electrons. The summed E-state index contributed by atoms with van der Waals surface area (Å²) in [5.74, 6) is -0.139. The van der Waals surface area contributed by atoms with Crippen LogP contribution in [0, 0.1) is 5.92 Å². The Balaban J connectivity index is 2.23. The van der Waals surface area contributed by atoms with Gasteiger partial charge >= 0.3 is 0 Å². The molecule has 1 rings (SSSR count). The molecule has 16 heavy (non-hydrogen) atoms. The maximum Gasteiger partial charge on any atom is 0.220 e. The van der Waals surface area contributed by atoms with Crippen LogP contribution >= 0.6 is 0 Å². The standard InChI is InChI=1S/C12H20N2O2/c1-2-3-4-11(15)14-10-7-5-9(6-8-10)12(13)16/h2,9-10H,1,3-8H2,(H2,13,16)(H,14,15). The Labute approximate surface area is 96.3 Å². The number of carbonyl (C=O) groups excluding carboxylic acids is 2. The van der Waals surface area contributed by atoms with Gasteiger partial charge in [-0.25, -0.2) is 0 Å². The van der Waals surface area contributed by atoms with E-state index in [9.17, 15) is 9.59 Å². The lowest BCUT2D eigenvalue weighted by Gasteiger charge is -2.27. The highest BCUT2D eigenvalue weighted by Crippen LogP contribution is 2.23. The average molecular weight is 224 g/mol. The number of hydrogen-bond acceptors (Lipinski definition) is 2. The highest BCUT2D eigenvalue weighted by molar-refractivity contribution is 5.77.